The highest BCUT2D eigenvalue weighted by Gasteiger charge is 2.13. The van der Waals surface area contributed by atoms with Gasteiger partial charge in [0.2, 0.25) is 0 Å². The second kappa shape index (κ2) is 3.85. The molecule has 0 bridgehead atoms. The third kappa shape index (κ3) is 2.50. The Bertz CT molecular complexity index is 369. The van der Waals surface area contributed by atoms with Crippen LogP contribution in [-0.4, -0.2) is 15.0 Å². The summed E-state index contributed by atoms with van der Waals surface area (Å²) in [5, 5.41) is 0. The summed E-state index contributed by atoms with van der Waals surface area (Å²) in [6.07, 6.45) is 0. The third-order valence-electron chi connectivity index (χ3n) is 1.38. The minimum atomic E-state index is -3.69. The van der Waals surface area contributed by atoms with E-state index in [1.54, 1.807) is 6.92 Å². The Kier molecular flexibility index (Phi) is 3.00. The predicted octanol–water partition coefficient (Wildman–Crippen LogP) is 1.55. The first-order valence-electron chi connectivity index (χ1n) is 3.71. The fourth-order valence-corrected chi connectivity index (χ4v) is 1.74. The van der Waals surface area contributed by atoms with Crippen LogP contribution in [0.3, 0.4) is 0 Å². The Morgan fingerprint density at radius 3 is 2.31 bits per heavy atom. The topological polar surface area (TPSA) is 43.4 Å². The zero-order valence-corrected chi connectivity index (χ0v) is 7.84. The van der Waals surface area contributed by atoms with Gasteiger partial charge >= 0.3 is 0 Å². The van der Waals surface area contributed by atoms with Gasteiger partial charge in [-0.2, -0.15) is 8.42 Å². The molecular formula is C8H9FO3S. The summed E-state index contributed by atoms with van der Waals surface area (Å²) in [5.74, 6) is -0.476. The Balaban J connectivity index is 3.02. The molecule has 1 aromatic carbocycles. The molecule has 0 heterocycles. The van der Waals surface area contributed by atoms with Crippen LogP contribution in [0.2, 0.25) is 0 Å². The smallest absolute Gasteiger partial charge is 0.267 e. The zero-order valence-electron chi connectivity index (χ0n) is 7.03. The van der Waals surface area contributed by atoms with Gasteiger partial charge in [-0.3, -0.25) is 4.18 Å². The molecule has 5 heteroatoms. The van der Waals surface area contributed by atoms with E-state index in [1.165, 1.54) is 12.1 Å². The summed E-state index contributed by atoms with van der Waals surface area (Å²) < 4.78 is 39.3. The van der Waals surface area contributed by atoms with Crippen LogP contribution in [0, 0.1) is 5.82 Å². The van der Waals surface area contributed by atoms with Crippen LogP contribution in [0.4, 0.5) is 4.39 Å². The van der Waals surface area contributed by atoms with Crippen LogP contribution >= 0.6 is 0 Å². The molecule has 0 N–H and O–H groups in total. The molecule has 0 saturated heterocycles. The van der Waals surface area contributed by atoms with Gasteiger partial charge in [0.25, 0.3) is 10.1 Å². The molecule has 0 atom stereocenters. The lowest BCUT2D eigenvalue weighted by Crippen LogP contribution is -2.05. The van der Waals surface area contributed by atoms with Crippen molar-refractivity contribution in [3.8, 4) is 0 Å². The molecule has 0 unspecified atom stereocenters. The fourth-order valence-electron chi connectivity index (χ4n) is 0.824. The molecule has 0 aliphatic rings. The van der Waals surface area contributed by atoms with Crippen LogP contribution < -0.4 is 0 Å². The van der Waals surface area contributed by atoms with Gasteiger partial charge < -0.3 is 0 Å². The average Bonchev–Trinajstić information content (AvgIpc) is 2.05. The van der Waals surface area contributed by atoms with Crippen molar-refractivity contribution in [2.45, 2.75) is 11.8 Å². The van der Waals surface area contributed by atoms with Gasteiger partial charge in [-0.25, -0.2) is 4.39 Å². The van der Waals surface area contributed by atoms with Gasteiger partial charge in [-0.15, -0.1) is 0 Å². The summed E-state index contributed by atoms with van der Waals surface area (Å²) >= 11 is 0. The van der Waals surface area contributed by atoms with E-state index in [1.807, 2.05) is 0 Å². The highest BCUT2D eigenvalue weighted by molar-refractivity contribution is 7.86. The highest BCUT2D eigenvalue weighted by Crippen LogP contribution is 2.12. The lowest BCUT2D eigenvalue weighted by Gasteiger charge is -2.01. The second-order valence-corrected chi connectivity index (χ2v) is 3.93. The van der Waals surface area contributed by atoms with Crippen molar-refractivity contribution in [1.29, 1.82) is 0 Å². The predicted molar refractivity (Wildman–Crippen MR) is 45.2 cm³/mol. The molecule has 0 radical (unpaired) electrons. The molecule has 0 aliphatic heterocycles. The minimum Gasteiger partial charge on any atom is -0.267 e. The van der Waals surface area contributed by atoms with Crippen molar-refractivity contribution < 1.29 is 17.0 Å². The molecular weight excluding hydrogens is 195 g/mol. The molecule has 1 aromatic rings. The quantitative estimate of drug-likeness (QED) is 0.701. The zero-order chi connectivity index (χ0) is 9.90. The maximum absolute atomic E-state index is 12.4. The Hall–Kier alpha value is -0.940. The first kappa shape index (κ1) is 10.1. The number of hydrogen-bond donors (Lipinski definition) is 0. The maximum atomic E-state index is 12.4. The molecule has 0 spiro atoms. The van der Waals surface area contributed by atoms with E-state index in [9.17, 15) is 12.8 Å². The third-order valence-corrected chi connectivity index (χ3v) is 2.77. The number of rotatable bonds is 3. The second-order valence-electron chi connectivity index (χ2n) is 2.31. The van der Waals surface area contributed by atoms with Crippen LogP contribution in [0.25, 0.3) is 0 Å². The van der Waals surface area contributed by atoms with Crippen molar-refractivity contribution in [3.63, 3.8) is 0 Å². The molecule has 0 fully saturated rings. The molecule has 13 heavy (non-hydrogen) atoms. The summed E-state index contributed by atoms with van der Waals surface area (Å²) in [6.45, 7) is 1.64. The Labute approximate surface area is 76.3 Å². The van der Waals surface area contributed by atoms with Gasteiger partial charge in [0.05, 0.1) is 11.5 Å². The maximum Gasteiger partial charge on any atom is 0.296 e. The van der Waals surface area contributed by atoms with Gasteiger partial charge in [-0.05, 0) is 31.2 Å². The van der Waals surface area contributed by atoms with Gasteiger partial charge in [0.1, 0.15) is 5.82 Å². The normalized spacial score (nSPS) is 11.5. The number of hydrogen-bond acceptors (Lipinski definition) is 3. The Morgan fingerprint density at radius 1 is 1.31 bits per heavy atom. The minimum absolute atomic E-state index is 0.0317. The first-order chi connectivity index (χ1) is 6.06. The van der Waals surface area contributed by atoms with Crippen LogP contribution in [0.5, 0.6) is 0 Å². The Morgan fingerprint density at radius 2 is 1.85 bits per heavy atom. The van der Waals surface area contributed by atoms with Crippen LogP contribution in [0.15, 0.2) is 29.2 Å². The molecule has 0 aliphatic carbocycles. The van der Waals surface area contributed by atoms with E-state index in [0.717, 1.165) is 12.1 Å². The standard InChI is InChI=1S/C8H9FO3S/c1-2-12-13(10,11)8-5-3-7(9)4-6-8/h3-6H,2H2,1H3. The van der Waals surface area contributed by atoms with Crippen LogP contribution in [0.1, 0.15) is 6.92 Å². The largest absolute Gasteiger partial charge is 0.296 e. The summed E-state index contributed by atoms with van der Waals surface area (Å²) in [4.78, 5) is -0.0317. The van der Waals surface area contributed by atoms with Crippen molar-refractivity contribution in [3.05, 3.63) is 30.1 Å². The molecule has 3 nitrogen and oxygen atoms in total. The van der Waals surface area contributed by atoms with E-state index >= 15 is 0 Å². The van der Waals surface area contributed by atoms with E-state index in [-0.39, 0.29) is 11.5 Å². The monoisotopic (exact) mass is 204 g/mol. The summed E-state index contributed by atoms with van der Waals surface area (Å²) in [6, 6.07) is 4.48. The van der Waals surface area contributed by atoms with E-state index in [2.05, 4.69) is 4.18 Å². The van der Waals surface area contributed by atoms with E-state index < -0.39 is 15.9 Å². The van der Waals surface area contributed by atoms with E-state index in [4.69, 9.17) is 0 Å². The molecule has 1 rings (SSSR count). The molecule has 0 saturated carbocycles. The molecule has 0 amide bonds. The summed E-state index contributed by atoms with van der Waals surface area (Å²) in [7, 11) is -3.69. The van der Waals surface area contributed by atoms with Crippen molar-refractivity contribution in [2.24, 2.45) is 0 Å². The molecule has 72 valence electrons. The lowest BCUT2D eigenvalue weighted by atomic mass is 10.4. The molecule has 0 aromatic heterocycles. The van der Waals surface area contributed by atoms with Crippen LogP contribution in [-0.2, 0) is 14.3 Å². The highest BCUT2D eigenvalue weighted by atomic mass is 32.2. The number of halogens is 1. The SMILES string of the molecule is CCOS(=O)(=O)c1ccc(F)cc1. The van der Waals surface area contributed by atoms with Gasteiger partial charge in [-0.1, -0.05) is 0 Å². The number of benzene rings is 1. The van der Waals surface area contributed by atoms with Crippen molar-refractivity contribution in [1.82, 2.24) is 0 Å². The van der Waals surface area contributed by atoms with Crippen molar-refractivity contribution in [2.75, 3.05) is 6.61 Å². The van der Waals surface area contributed by atoms with Gasteiger partial charge in [0, 0.05) is 0 Å². The summed E-state index contributed by atoms with van der Waals surface area (Å²) in [5.41, 5.74) is 0. The first-order valence-corrected chi connectivity index (χ1v) is 5.12. The fraction of sp³-hybridized carbons (Fsp3) is 0.250. The van der Waals surface area contributed by atoms with Crippen molar-refractivity contribution >= 4 is 10.1 Å². The van der Waals surface area contributed by atoms with Gasteiger partial charge in [0.15, 0.2) is 0 Å². The van der Waals surface area contributed by atoms with E-state index in [0.29, 0.717) is 0 Å². The lowest BCUT2D eigenvalue weighted by molar-refractivity contribution is 0.338. The average molecular weight is 204 g/mol.